The number of amides is 2. The van der Waals surface area contributed by atoms with Crippen LogP contribution in [0, 0.1) is 5.92 Å². The van der Waals surface area contributed by atoms with Gasteiger partial charge in [0.05, 0.1) is 12.0 Å². The van der Waals surface area contributed by atoms with Crippen molar-refractivity contribution >= 4 is 12.0 Å². The van der Waals surface area contributed by atoms with Gasteiger partial charge in [0.25, 0.3) is 0 Å². The van der Waals surface area contributed by atoms with Gasteiger partial charge in [-0.25, -0.2) is 4.79 Å². The highest BCUT2D eigenvalue weighted by atomic mass is 16.5. The molecule has 1 rings (SSSR count). The Morgan fingerprint density at radius 1 is 1.37 bits per heavy atom. The van der Waals surface area contributed by atoms with E-state index in [0.29, 0.717) is 13.0 Å². The molecular formula is C13H24N2O4. The van der Waals surface area contributed by atoms with Crippen molar-refractivity contribution in [3.63, 3.8) is 0 Å². The van der Waals surface area contributed by atoms with Crippen molar-refractivity contribution < 1.29 is 19.4 Å². The Kier molecular flexibility index (Phi) is 7.25. The van der Waals surface area contributed by atoms with E-state index in [1.807, 2.05) is 6.92 Å². The van der Waals surface area contributed by atoms with Gasteiger partial charge in [-0.2, -0.15) is 0 Å². The Labute approximate surface area is 113 Å². The van der Waals surface area contributed by atoms with E-state index in [1.54, 1.807) is 0 Å². The van der Waals surface area contributed by atoms with Crippen LogP contribution in [0.2, 0.25) is 0 Å². The molecule has 0 aromatic heterocycles. The number of hydrogen-bond acceptors (Lipinski definition) is 3. The third-order valence-electron chi connectivity index (χ3n) is 3.26. The predicted molar refractivity (Wildman–Crippen MR) is 71.0 cm³/mol. The molecule has 0 saturated carbocycles. The van der Waals surface area contributed by atoms with Crippen molar-refractivity contribution in [2.75, 3.05) is 19.7 Å². The van der Waals surface area contributed by atoms with Crippen molar-refractivity contribution in [1.29, 1.82) is 0 Å². The molecule has 0 bridgehead atoms. The Balaban J connectivity index is 2.17. The van der Waals surface area contributed by atoms with Crippen LogP contribution in [0.1, 0.15) is 39.0 Å². The smallest absolute Gasteiger partial charge is 0.314 e. The van der Waals surface area contributed by atoms with Crippen LogP contribution < -0.4 is 10.6 Å². The van der Waals surface area contributed by atoms with Gasteiger partial charge in [0.15, 0.2) is 0 Å². The topological polar surface area (TPSA) is 87.7 Å². The molecular weight excluding hydrogens is 248 g/mol. The van der Waals surface area contributed by atoms with Crippen molar-refractivity contribution in [3.8, 4) is 0 Å². The molecule has 0 aromatic rings. The lowest BCUT2D eigenvalue weighted by atomic mass is 10.0. The first-order valence-corrected chi connectivity index (χ1v) is 6.99. The Morgan fingerprint density at radius 3 is 2.74 bits per heavy atom. The number of nitrogens with one attached hydrogen (secondary N) is 2. The van der Waals surface area contributed by atoms with Crippen LogP contribution in [0.15, 0.2) is 0 Å². The summed E-state index contributed by atoms with van der Waals surface area (Å²) >= 11 is 0. The highest BCUT2D eigenvalue weighted by molar-refractivity contribution is 5.75. The third-order valence-corrected chi connectivity index (χ3v) is 3.26. The maximum Gasteiger partial charge on any atom is 0.314 e. The van der Waals surface area contributed by atoms with E-state index >= 15 is 0 Å². The fourth-order valence-corrected chi connectivity index (χ4v) is 2.11. The minimum Gasteiger partial charge on any atom is -0.481 e. The maximum absolute atomic E-state index is 11.5. The largest absolute Gasteiger partial charge is 0.481 e. The normalized spacial score (nSPS) is 20.6. The molecule has 0 aliphatic carbocycles. The minimum atomic E-state index is -0.863. The molecule has 1 fully saturated rings. The average Bonchev–Trinajstić information content (AvgIpc) is 2.42. The molecule has 1 saturated heterocycles. The van der Waals surface area contributed by atoms with Gasteiger partial charge in [0.1, 0.15) is 0 Å². The van der Waals surface area contributed by atoms with Crippen LogP contribution in [-0.2, 0) is 9.53 Å². The van der Waals surface area contributed by atoms with Gasteiger partial charge in [-0.1, -0.05) is 13.3 Å². The quantitative estimate of drug-likeness (QED) is 0.653. The van der Waals surface area contributed by atoms with E-state index < -0.39 is 11.9 Å². The van der Waals surface area contributed by atoms with Crippen LogP contribution in [-0.4, -0.2) is 42.9 Å². The SMILES string of the molecule is CCCC(CNC(=O)NCC1CCCCO1)C(=O)O. The van der Waals surface area contributed by atoms with Gasteiger partial charge in [-0.15, -0.1) is 0 Å². The number of rotatable bonds is 7. The third kappa shape index (κ3) is 6.42. The van der Waals surface area contributed by atoms with Crippen LogP contribution in [0.25, 0.3) is 0 Å². The first kappa shape index (κ1) is 15.8. The molecule has 6 nitrogen and oxygen atoms in total. The van der Waals surface area contributed by atoms with Gasteiger partial charge in [0.2, 0.25) is 0 Å². The Bertz CT molecular complexity index is 290. The zero-order valence-corrected chi connectivity index (χ0v) is 11.5. The van der Waals surface area contributed by atoms with Crippen molar-refractivity contribution in [1.82, 2.24) is 10.6 Å². The molecule has 0 radical (unpaired) electrons. The Morgan fingerprint density at radius 2 is 2.16 bits per heavy atom. The van der Waals surface area contributed by atoms with E-state index in [2.05, 4.69) is 10.6 Å². The lowest BCUT2D eigenvalue weighted by Crippen LogP contribution is -2.43. The predicted octanol–water partition coefficient (Wildman–Crippen LogP) is 1.36. The van der Waals surface area contributed by atoms with Crippen molar-refractivity contribution in [2.24, 2.45) is 5.92 Å². The molecule has 1 aliphatic rings. The first-order valence-electron chi connectivity index (χ1n) is 6.99. The number of urea groups is 1. The number of carbonyl (C=O) groups excluding carboxylic acids is 1. The van der Waals surface area contributed by atoms with Crippen molar-refractivity contribution in [3.05, 3.63) is 0 Å². The van der Waals surface area contributed by atoms with E-state index in [0.717, 1.165) is 32.3 Å². The fourth-order valence-electron chi connectivity index (χ4n) is 2.11. The summed E-state index contributed by atoms with van der Waals surface area (Å²) in [4.78, 5) is 22.5. The molecule has 19 heavy (non-hydrogen) atoms. The molecule has 0 spiro atoms. The highest BCUT2D eigenvalue weighted by Crippen LogP contribution is 2.11. The minimum absolute atomic E-state index is 0.0883. The Hall–Kier alpha value is -1.30. The second-order valence-corrected chi connectivity index (χ2v) is 4.90. The second kappa shape index (κ2) is 8.74. The van der Waals surface area contributed by atoms with E-state index in [9.17, 15) is 9.59 Å². The van der Waals surface area contributed by atoms with Crippen molar-refractivity contribution in [2.45, 2.75) is 45.1 Å². The molecule has 1 heterocycles. The molecule has 0 aromatic carbocycles. The lowest BCUT2D eigenvalue weighted by molar-refractivity contribution is -0.141. The lowest BCUT2D eigenvalue weighted by Gasteiger charge is -2.23. The average molecular weight is 272 g/mol. The summed E-state index contributed by atoms with van der Waals surface area (Å²) in [7, 11) is 0. The number of hydrogen-bond donors (Lipinski definition) is 3. The number of carbonyl (C=O) groups is 2. The van der Waals surface area contributed by atoms with E-state index in [1.165, 1.54) is 0 Å². The summed E-state index contributed by atoms with van der Waals surface area (Å²) in [6.45, 7) is 3.33. The summed E-state index contributed by atoms with van der Waals surface area (Å²) < 4.78 is 5.49. The maximum atomic E-state index is 11.5. The van der Waals surface area contributed by atoms with E-state index in [4.69, 9.17) is 9.84 Å². The summed E-state index contributed by atoms with van der Waals surface area (Å²) in [6.07, 6.45) is 4.63. The first-order chi connectivity index (χ1) is 9.13. The van der Waals surface area contributed by atoms with E-state index in [-0.39, 0.29) is 18.7 Å². The standard InChI is InChI=1S/C13H24N2O4/c1-2-5-10(12(16)17)8-14-13(18)15-9-11-6-3-4-7-19-11/h10-11H,2-9H2,1H3,(H,16,17)(H2,14,15,18). The van der Waals surface area contributed by atoms with Crippen LogP contribution in [0.5, 0.6) is 0 Å². The summed E-state index contributed by atoms with van der Waals surface area (Å²) in [5.41, 5.74) is 0. The van der Waals surface area contributed by atoms with Gasteiger partial charge in [0, 0.05) is 19.7 Å². The molecule has 6 heteroatoms. The highest BCUT2D eigenvalue weighted by Gasteiger charge is 2.18. The number of ether oxygens (including phenoxy) is 1. The second-order valence-electron chi connectivity index (χ2n) is 4.90. The van der Waals surface area contributed by atoms with Gasteiger partial charge in [-0.05, 0) is 25.7 Å². The van der Waals surface area contributed by atoms with Gasteiger partial charge < -0.3 is 20.5 Å². The number of aliphatic carboxylic acids is 1. The molecule has 2 unspecified atom stereocenters. The molecule has 2 atom stereocenters. The van der Waals surface area contributed by atoms with Crippen LogP contribution in [0.3, 0.4) is 0 Å². The summed E-state index contributed by atoms with van der Waals surface area (Å²) in [5.74, 6) is -1.38. The molecule has 110 valence electrons. The fraction of sp³-hybridized carbons (Fsp3) is 0.846. The zero-order valence-electron chi connectivity index (χ0n) is 11.5. The van der Waals surface area contributed by atoms with Crippen LogP contribution >= 0.6 is 0 Å². The number of carboxylic acids is 1. The zero-order chi connectivity index (χ0) is 14.1. The molecule has 3 N–H and O–H groups in total. The number of carboxylic acid groups (broad SMARTS) is 1. The summed E-state index contributed by atoms with van der Waals surface area (Å²) in [6, 6.07) is -0.323. The molecule has 2 amide bonds. The van der Waals surface area contributed by atoms with Gasteiger partial charge >= 0.3 is 12.0 Å². The van der Waals surface area contributed by atoms with Crippen LogP contribution in [0.4, 0.5) is 4.79 Å². The summed E-state index contributed by atoms with van der Waals surface area (Å²) in [5, 5.41) is 14.3. The molecule has 1 aliphatic heterocycles. The monoisotopic (exact) mass is 272 g/mol. The van der Waals surface area contributed by atoms with Gasteiger partial charge in [-0.3, -0.25) is 4.79 Å².